The Bertz CT molecular complexity index is 279. The van der Waals surface area contributed by atoms with Crippen molar-refractivity contribution in [3.05, 3.63) is 15.5 Å². The van der Waals surface area contributed by atoms with E-state index in [1.54, 1.807) is 0 Å². The van der Waals surface area contributed by atoms with Gasteiger partial charge in [-0.15, -0.1) is 0 Å². The third-order valence-corrected chi connectivity index (χ3v) is 3.42. The summed E-state index contributed by atoms with van der Waals surface area (Å²) >= 11 is -0.339. The SMILES string of the molecule is C[I-]c1cc(C(F)(F)F)nn1C. The zero-order valence-corrected chi connectivity index (χ0v) is 8.64. The molecule has 0 aliphatic heterocycles. The van der Waals surface area contributed by atoms with Gasteiger partial charge in [0, 0.05) is 0 Å². The van der Waals surface area contributed by atoms with Crippen LogP contribution in [0.1, 0.15) is 5.69 Å². The molecule has 0 spiro atoms. The first kappa shape index (κ1) is 9.82. The second-order valence-electron chi connectivity index (χ2n) is 2.16. The fourth-order valence-corrected chi connectivity index (χ4v) is 2.17. The summed E-state index contributed by atoms with van der Waals surface area (Å²) in [7, 11) is 1.54. The molecule has 0 fully saturated rings. The summed E-state index contributed by atoms with van der Waals surface area (Å²) in [5, 5.41) is 3.37. The molecule has 0 saturated carbocycles. The van der Waals surface area contributed by atoms with Crippen molar-refractivity contribution < 1.29 is 34.4 Å². The Morgan fingerprint density at radius 1 is 1.50 bits per heavy atom. The van der Waals surface area contributed by atoms with Crippen molar-refractivity contribution in [2.45, 2.75) is 6.18 Å². The normalized spacial score (nSPS) is 12.4. The van der Waals surface area contributed by atoms with Crippen LogP contribution in [0.4, 0.5) is 13.2 Å². The van der Waals surface area contributed by atoms with Crippen LogP contribution >= 0.6 is 0 Å². The van der Waals surface area contributed by atoms with E-state index in [4.69, 9.17) is 0 Å². The molecule has 1 heterocycles. The first-order valence-electron chi connectivity index (χ1n) is 3.06. The molecule has 0 aliphatic rings. The van der Waals surface area contributed by atoms with Gasteiger partial charge in [-0.2, -0.15) is 0 Å². The quantitative estimate of drug-likeness (QED) is 0.447. The Labute approximate surface area is 78.0 Å². The summed E-state index contributed by atoms with van der Waals surface area (Å²) in [6.07, 6.45) is -4.31. The Morgan fingerprint density at radius 3 is 2.33 bits per heavy atom. The summed E-state index contributed by atoms with van der Waals surface area (Å²) in [6.45, 7) is 0. The number of hydrogen-bond acceptors (Lipinski definition) is 1. The van der Waals surface area contributed by atoms with Crippen LogP contribution in [0.5, 0.6) is 0 Å². The zero-order chi connectivity index (χ0) is 9.35. The second kappa shape index (κ2) is 3.23. The molecule has 1 aromatic rings. The number of nitrogens with zero attached hydrogens (tertiary/aromatic N) is 2. The molecule has 1 rings (SSSR count). The molecule has 0 atom stereocenters. The van der Waals surface area contributed by atoms with E-state index in [0.717, 1.165) is 6.07 Å². The first-order valence-corrected chi connectivity index (χ1v) is 6.29. The van der Waals surface area contributed by atoms with Crippen molar-refractivity contribution in [3.63, 3.8) is 0 Å². The molecule has 0 amide bonds. The van der Waals surface area contributed by atoms with Crippen molar-refractivity contribution in [3.8, 4) is 0 Å². The molecular formula is C6H7F3IN2-. The van der Waals surface area contributed by atoms with Crippen LogP contribution in [0.2, 0.25) is 0 Å². The van der Waals surface area contributed by atoms with Gasteiger partial charge in [-0.3, -0.25) is 0 Å². The number of aromatic nitrogens is 2. The van der Waals surface area contributed by atoms with Crippen LogP contribution in [0.15, 0.2) is 6.07 Å². The van der Waals surface area contributed by atoms with Crippen LogP contribution in [0.25, 0.3) is 0 Å². The van der Waals surface area contributed by atoms with Crippen molar-refractivity contribution in [1.29, 1.82) is 0 Å². The van der Waals surface area contributed by atoms with Crippen molar-refractivity contribution >= 4 is 0 Å². The molecule has 0 unspecified atom stereocenters. The molecule has 12 heavy (non-hydrogen) atoms. The molecular weight excluding hydrogens is 284 g/mol. The zero-order valence-electron chi connectivity index (χ0n) is 6.48. The minimum absolute atomic E-state index is 0.339. The Balaban J connectivity index is 3.05. The molecule has 0 radical (unpaired) electrons. The second-order valence-corrected chi connectivity index (χ2v) is 4.35. The number of aryl methyl sites for hydroxylation is 1. The average molecular weight is 291 g/mol. The van der Waals surface area contributed by atoms with E-state index in [0.29, 0.717) is 3.70 Å². The Morgan fingerprint density at radius 2 is 2.08 bits per heavy atom. The topological polar surface area (TPSA) is 17.8 Å². The van der Waals surface area contributed by atoms with E-state index in [-0.39, 0.29) is 21.2 Å². The number of halogens is 4. The predicted octanol–water partition coefficient (Wildman–Crippen LogP) is -1.67. The Hall–Kier alpha value is -0.270. The van der Waals surface area contributed by atoms with Gasteiger partial charge in [0.1, 0.15) is 0 Å². The van der Waals surface area contributed by atoms with Crippen LogP contribution < -0.4 is 21.2 Å². The van der Waals surface area contributed by atoms with Gasteiger partial charge in [0.25, 0.3) is 0 Å². The van der Waals surface area contributed by atoms with E-state index in [1.165, 1.54) is 11.7 Å². The summed E-state index contributed by atoms with van der Waals surface area (Å²) in [4.78, 5) is 1.90. The van der Waals surface area contributed by atoms with E-state index in [2.05, 4.69) is 5.10 Å². The van der Waals surface area contributed by atoms with Crippen LogP contribution in [-0.4, -0.2) is 14.7 Å². The molecule has 0 N–H and O–H groups in total. The van der Waals surface area contributed by atoms with Crippen molar-refractivity contribution in [1.82, 2.24) is 9.78 Å². The maximum absolute atomic E-state index is 12.1. The molecule has 0 saturated heterocycles. The van der Waals surface area contributed by atoms with E-state index in [9.17, 15) is 13.2 Å². The minimum atomic E-state index is -4.31. The number of hydrogen-bond donors (Lipinski definition) is 0. The van der Waals surface area contributed by atoms with Crippen LogP contribution in [0.3, 0.4) is 0 Å². The summed E-state index contributed by atoms with van der Waals surface area (Å²) in [5.74, 6) is 0. The molecule has 6 heteroatoms. The fourth-order valence-electron chi connectivity index (χ4n) is 0.760. The van der Waals surface area contributed by atoms with E-state index in [1.807, 2.05) is 4.93 Å². The van der Waals surface area contributed by atoms with Crippen molar-refractivity contribution in [2.24, 2.45) is 7.05 Å². The molecule has 2 nitrogen and oxygen atoms in total. The third kappa shape index (κ3) is 1.90. The Kier molecular flexibility index (Phi) is 2.64. The van der Waals surface area contributed by atoms with Gasteiger partial charge in [-0.1, -0.05) is 0 Å². The monoisotopic (exact) mass is 291 g/mol. The third-order valence-electron chi connectivity index (χ3n) is 1.31. The predicted molar refractivity (Wildman–Crippen MR) is 32.8 cm³/mol. The molecule has 0 bridgehead atoms. The van der Waals surface area contributed by atoms with Crippen LogP contribution in [-0.2, 0) is 13.2 Å². The van der Waals surface area contributed by atoms with Gasteiger partial charge in [0.15, 0.2) is 0 Å². The molecule has 0 aliphatic carbocycles. The number of alkyl halides is 4. The van der Waals surface area contributed by atoms with Gasteiger partial charge in [-0.25, -0.2) is 0 Å². The molecule has 0 aromatic carbocycles. The number of rotatable bonds is 1. The summed E-state index contributed by atoms with van der Waals surface area (Å²) in [5.41, 5.74) is -0.790. The van der Waals surface area contributed by atoms with Gasteiger partial charge in [0.2, 0.25) is 0 Å². The summed E-state index contributed by atoms with van der Waals surface area (Å²) in [6, 6.07) is 1.12. The van der Waals surface area contributed by atoms with Gasteiger partial charge in [0.05, 0.1) is 0 Å². The standard InChI is InChI=1S/C6H7F3IN2/c1-10-5-3-4(6(7,8)9)11-12(5)2/h3H,1-2H3/q-1. The average Bonchev–Trinajstić information content (AvgIpc) is 2.29. The van der Waals surface area contributed by atoms with Gasteiger partial charge in [-0.05, 0) is 0 Å². The van der Waals surface area contributed by atoms with Crippen molar-refractivity contribution in [2.75, 3.05) is 4.93 Å². The maximum atomic E-state index is 12.1. The fraction of sp³-hybridized carbons (Fsp3) is 0.500. The molecule has 70 valence electrons. The molecule has 1 aromatic heterocycles. The van der Waals surface area contributed by atoms with Gasteiger partial charge >= 0.3 is 77.8 Å². The van der Waals surface area contributed by atoms with E-state index >= 15 is 0 Å². The van der Waals surface area contributed by atoms with Gasteiger partial charge < -0.3 is 0 Å². The first-order chi connectivity index (χ1) is 5.45. The van der Waals surface area contributed by atoms with E-state index < -0.39 is 11.9 Å². The summed E-state index contributed by atoms with van der Waals surface area (Å²) < 4.78 is 38.2. The van der Waals surface area contributed by atoms with Crippen LogP contribution in [0, 0.1) is 3.70 Å².